The standard InChI is InChI=1S/C12H17NO.C10H6ClNO2/c1-13-9-3-4-12(13)10-5-7-11(14-2)8-6-10;11-8-3-1-2-7(4-8)10-5-9(6-13)12-14-10/h5-8,12H,3-4,9H2,1-2H3;1-6H. The van der Waals surface area contributed by atoms with Gasteiger partial charge in [-0.15, -0.1) is 0 Å². The van der Waals surface area contributed by atoms with Gasteiger partial charge in [0.05, 0.1) is 7.11 Å². The van der Waals surface area contributed by atoms with Gasteiger partial charge >= 0.3 is 0 Å². The van der Waals surface area contributed by atoms with E-state index in [2.05, 4.69) is 29.2 Å². The molecule has 1 aromatic heterocycles. The van der Waals surface area contributed by atoms with E-state index < -0.39 is 0 Å². The van der Waals surface area contributed by atoms with Gasteiger partial charge in [0.1, 0.15) is 11.4 Å². The van der Waals surface area contributed by atoms with Gasteiger partial charge in [-0.3, -0.25) is 9.69 Å². The van der Waals surface area contributed by atoms with Crippen LogP contribution in [0.25, 0.3) is 11.3 Å². The summed E-state index contributed by atoms with van der Waals surface area (Å²) in [6, 6.07) is 17.8. The highest BCUT2D eigenvalue weighted by Gasteiger charge is 2.22. The largest absolute Gasteiger partial charge is 0.497 e. The summed E-state index contributed by atoms with van der Waals surface area (Å²) in [7, 11) is 3.90. The minimum Gasteiger partial charge on any atom is -0.497 e. The first-order valence-electron chi connectivity index (χ1n) is 9.12. The zero-order chi connectivity index (χ0) is 19.9. The molecular weight excluding hydrogens is 376 g/mol. The predicted molar refractivity (Wildman–Crippen MR) is 110 cm³/mol. The zero-order valence-corrected chi connectivity index (χ0v) is 16.7. The quantitative estimate of drug-likeness (QED) is 0.560. The summed E-state index contributed by atoms with van der Waals surface area (Å²) in [5, 5.41) is 4.17. The monoisotopic (exact) mass is 398 g/mol. The molecule has 2 heterocycles. The molecule has 1 unspecified atom stereocenters. The molecule has 0 N–H and O–H groups in total. The third-order valence-corrected chi connectivity index (χ3v) is 5.01. The molecule has 1 aliphatic rings. The van der Waals surface area contributed by atoms with Crippen LogP contribution in [0.15, 0.2) is 59.1 Å². The van der Waals surface area contributed by atoms with Crippen molar-refractivity contribution in [3.63, 3.8) is 0 Å². The van der Waals surface area contributed by atoms with Crippen molar-refractivity contribution in [3.8, 4) is 17.1 Å². The first-order chi connectivity index (χ1) is 13.6. The molecule has 0 radical (unpaired) electrons. The van der Waals surface area contributed by atoms with Crippen LogP contribution in [0.2, 0.25) is 5.02 Å². The fraction of sp³-hybridized carbons (Fsp3) is 0.273. The van der Waals surface area contributed by atoms with Gasteiger partial charge in [-0.25, -0.2) is 0 Å². The van der Waals surface area contributed by atoms with Gasteiger partial charge in [-0.05, 0) is 56.3 Å². The summed E-state index contributed by atoms with van der Waals surface area (Å²) in [5.74, 6) is 1.48. The molecule has 5 nitrogen and oxygen atoms in total. The molecule has 1 atom stereocenters. The molecule has 4 rings (SSSR count). The van der Waals surface area contributed by atoms with E-state index in [9.17, 15) is 4.79 Å². The molecule has 1 saturated heterocycles. The van der Waals surface area contributed by atoms with Crippen molar-refractivity contribution in [2.24, 2.45) is 0 Å². The smallest absolute Gasteiger partial charge is 0.171 e. The van der Waals surface area contributed by atoms with E-state index in [0.717, 1.165) is 11.3 Å². The predicted octanol–water partition coefficient (Wildman–Crippen LogP) is 5.27. The second kappa shape index (κ2) is 9.53. The molecule has 0 spiro atoms. The number of carbonyl (C=O) groups excluding carboxylic acids is 1. The number of nitrogens with zero attached hydrogens (tertiary/aromatic N) is 2. The summed E-state index contributed by atoms with van der Waals surface area (Å²) in [5.41, 5.74) is 2.49. The van der Waals surface area contributed by atoms with Crippen molar-refractivity contribution in [1.29, 1.82) is 0 Å². The Morgan fingerprint density at radius 1 is 1.21 bits per heavy atom. The lowest BCUT2D eigenvalue weighted by molar-refractivity contribution is 0.111. The Balaban J connectivity index is 0.000000161. The lowest BCUT2D eigenvalue weighted by Gasteiger charge is -2.19. The molecule has 0 saturated carbocycles. The first kappa shape index (κ1) is 20.1. The van der Waals surface area contributed by atoms with Gasteiger partial charge in [-0.1, -0.05) is 41.0 Å². The highest BCUT2D eigenvalue weighted by Crippen LogP contribution is 2.31. The highest BCUT2D eigenvalue weighted by molar-refractivity contribution is 6.30. The number of benzene rings is 2. The van der Waals surface area contributed by atoms with E-state index in [1.165, 1.54) is 24.9 Å². The normalized spacial score (nSPS) is 16.3. The Labute approximate surface area is 169 Å². The van der Waals surface area contributed by atoms with Crippen LogP contribution >= 0.6 is 11.6 Å². The van der Waals surface area contributed by atoms with Crippen molar-refractivity contribution in [2.75, 3.05) is 20.7 Å². The maximum Gasteiger partial charge on any atom is 0.171 e. The lowest BCUT2D eigenvalue weighted by Crippen LogP contribution is -2.17. The number of carbonyl (C=O) groups is 1. The number of rotatable bonds is 4. The van der Waals surface area contributed by atoms with E-state index in [1.807, 2.05) is 18.2 Å². The minimum atomic E-state index is 0.278. The Bertz CT molecular complexity index is 908. The second-order valence-corrected chi connectivity index (χ2v) is 7.09. The Kier molecular flexibility index (Phi) is 6.85. The second-order valence-electron chi connectivity index (χ2n) is 6.66. The number of aldehydes is 1. The van der Waals surface area contributed by atoms with Crippen LogP contribution < -0.4 is 4.74 Å². The van der Waals surface area contributed by atoms with E-state index in [4.69, 9.17) is 20.9 Å². The minimum absolute atomic E-state index is 0.278. The highest BCUT2D eigenvalue weighted by atomic mass is 35.5. The van der Waals surface area contributed by atoms with Gasteiger partial charge in [0.15, 0.2) is 12.0 Å². The fourth-order valence-electron chi connectivity index (χ4n) is 3.28. The van der Waals surface area contributed by atoms with Crippen molar-refractivity contribution < 1.29 is 14.1 Å². The molecule has 0 amide bonds. The van der Waals surface area contributed by atoms with E-state index in [-0.39, 0.29) is 5.69 Å². The van der Waals surface area contributed by atoms with E-state index >= 15 is 0 Å². The van der Waals surface area contributed by atoms with Gasteiger partial charge in [0, 0.05) is 22.7 Å². The zero-order valence-electron chi connectivity index (χ0n) is 16.0. The number of aromatic nitrogens is 1. The van der Waals surface area contributed by atoms with Crippen LogP contribution in [0, 0.1) is 0 Å². The SMILES string of the molecule is COc1ccc(C2CCCN2C)cc1.O=Cc1cc(-c2cccc(Cl)c2)on1. The van der Waals surface area contributed by atoms with Gasteiger partial charge in [-0.2, -0.15) is 0 Å². The van der Waals surface area contributed by atoms with Gasteiger partial charge in [0.25, 0.3) is 0 Å². The van der Waals surface area contributed by atoms with Crippen LogP contribution in [-0.4, -0.2) is 37.0 Å². The number of methoxy groups -OCH3 is 1. The molecule has 2 aromatic carbocycles. The van der Waals surface area contributed by atoms with Crippen molar-refractivity contribution in [3.05, 3.63) is 70.9 Å². The van der Waals surface area contributed by atoms with Gasteiger partial charge in [0.2, 0.25) is 0 Å². The van der Waals surface area contributed by atoms with E-state index in [1.54, 1.807) is 31.4 Å². The molecule has 0 aliphatic carbocycles. The van der Waals surface area contributed by atoms with Crippen LogP contribution in [0.5, 0.6) is 5.75 Å². The molecule has 146 valence electrons. The Morgan fingerprint density at radius 3 is 2.57 bits per heavy atom. The molecule has 0 bridgehead atoms. The number of ether oxygens (including phenoxy) is 1. The van der Waals surface area contributed by atoms with Crippen LogP contribution in [0.4, 0.5) is 0 Å². The third kappa shape index (κ3) is 5.00. The summed E-state index contributed by atoms with van der Waals surface area (Å²) in [6.07, 6.45) is 3.23. The third-order valence-electron chi connectivity index (χ3n) is 4.78. The van der Waals surface area contributed by atoms with Crippen molar-refractivity contribution >= 4 is 17.9 Å². The topological polar surface area (TPSA) is 55.6 Å². The number of hydrogen-bond acceptors (Lipinski definition) is 5. The fourth-order valence-corrected chi connectivity index (χ4v) is 3.47. The summed E-state index contributed by atoms with van der Waals surface area (Å²) < 4.78 is 10.1. The Hall–Kier alpha value is -2.63. The summed E-state index contributed by atoms with van der Waals surface area (Å²) in [6.45, 7) is 1.22. The molecule has 6 heteroatoms. The maximum absolute atomic E-state index is 10.4. The number of halogens is 1. The van der Waals surface area contributed by atoms with E-state index in [0.29, 0.717) is 23.1 Å². The van der Waals surface area contributed by atoms with Crippen LogP contribution in [-0.2, 0) is 0 Å². The molecular formula is C22H23ClN2O3. The number of hydrogen-bond donors (Lipinski definition) is 0. The average molecular weight is 399 g/mol. The number of likely N-dealkylation sites (tertiary alicyclic amines) is 1. The molecule has 3 aromatic rings. The van der Waals surface area contributed by atoms with Crippen molar-refractivity contribution in [1.82, 2.24) is 10.1 Å². The molecule has 1 fully saturated rings. The van der Waals surface area contributed by atoms with Crippen LogP contribution in [0.3, 0.4) is 0 Å². The van der Waals surface area contributed by atoms with Crippen LogP contribution in [0.1, 0.15) is 34.9 Å². The Morgan fingerprint density at radius 2 is 2.00 bits per heavy atom. The first-order valence-corrected chi connectivity index (χ1v) is 9.50. The molecule has 28 heavy (non-hydrogen) atoms. The van der Waals surface area contributed by atoms with Crippen molar-refractivity contribution in [2.45, 2.75) is 18.9 Å². The summed E-state index contributed by atoms with van der Waals surface area (Å²) >= 11 is 5.80. The average Bonchev–Trinajstić information content (AvgIpc) is 3.37. The maximum atomic E-state index is 10.4. The van der Waals surface area contributed by atoms with Gasteiger partial charge < -0.3 is 9.26 Å². The molecule has 1 aliphatic heterocycles. The summed E-state index contributed by atoms with van der Waals surface area (Å²) in [4.78, 5) is 12.8. The lowest BCUT2D eigenvalue weighted by atomic mass is 10.0.